The first-order valence-corrected chi connectivity index (χ1v) is 11.8. The van der Waals surface area contributed by atoms with Crippen LogP contribution in [0.5, 0.6) is 5.75 Å². The second kappa shape index (κ2) is 8.45. The topological polar surface area (TPSA) is 131 Å². The van der Waals surface area contributed by atoms with Gasteiger partial charge in [0, 0.05) is 25.0 Å². The maximum absolute atomic E-state index is 14.4. The van der Waals surface area contributed by atoms with Crippen molar-refractivity contribution in [3.63, 3.8) is 0 Å². The van der Waals surface area contributed by atoms with Crippen LogP contribution in [0.15, 0.2) is 55.0 Å². The Balaban J connectivity index is 1.47. The first-order chi connectivity index (χ1) is 18.2. The molecule has 0 unspecified atom stereocenters. The van der Waals surface area contributed by atoms with Crippen molar-refractivity contribution in [1.82, 2.24) is 24.3 Å². The van der Waals surface area contributed by atoms with Gasteiger partial charge in [-0.3, -0.25) is 4.79 Å². The molecule has 190 valence electrons. The highest BCUT2D eigenvalue weighted by atomic mass is 35.5. The highest BCUT2D eigenvalue weighted by molar-refractivity contribution is 6.32. The van der Waals surface area contributed by atoms with Crippen LogP contribution in [-0.4, -0.2) is 35.4 Å². The van der Waals surface area contributed by atoms with E-state index in [1.54, 1.807) is 41.2 Å². The molecule has 4 heterocycles. The fourth-order valence-corrected chi connectivity index (χ4v) is 4.82. The molecule has 0 bridgehead atoms. The Bertz CT molecular complexity index is 1770. The number of nitrogens with one attached hydrogen (secondary N) is 1. The van der Waals surface area contributed by atoms with E-state index in [0.717, 1.165) is 6.07 Å². The Hall–Kier alpha value is -4.64. The van der Waals surface area contributed by atoms with Gasteiger partial charge >= 0.3 is 0 Å². The van der Waals surface area contributed by atoms with Crippen molar-refractivity contribution in [3.8, 4) is 17.3 Å². The van der Waals surface area contributed by atoms with Crippen LogP contribution in [-0.2, 0) is 16.6 Å². The Morgan fingerprint density at radius 3 is 2.71 bits per heavy atom. The van der Waals surface area contributed by atoms with Gasteiger partial charge in [0.2, 0.25) is 5.91 Å². The van der Waals surface area contributed by atoms with Gasteiger partial charge < -0.3 is 20.6 Å². The third-order valence-corrected chi connectivity index (χ3v) is 7.07. The molecule has 38 heavy (non-hydrogen) atoms. The average Bonchev–Trinajstić information content (AvgIpc) is 3.46. The highest BCUT2D eigenvalue weighted by Gasteiger charge is 2.48. The van der Waals surface area contributed by atoms with Crippen molar-refractivity contribution in [2.75, 3.05) is 11.1 Å². The van der Waals surface area contributed by atoms with E-state index in [1.807, 2.05) is 0 Å². The summed E-state index contributed by atoms with van der Waals surface area (Å²) in [6, 6.07) is 8.65. The number of phenolic OH excluding ortho intramolecular Hbond substituents is 1. The molecule has 4 N–H and O–H groups in total. The zero-order chi connectivity index (χ0) is 26.8. The highest BCUT2D eigenvalue weighted by Crippen LogP contribution is 2.46. The zero-order valence-corrected chi connectivity index (χ0v) is 20.5. The third kappa shape index (κ3) is 3.54. The van der Waals surface area contributed by atoms with Crippen LogP contribution in [0, 0.1) is 11.6 Å². The Labute approximate surface area is 219 Å². The minimum atomic E-state index is -1.50. The van der Waals surface area contributed by atoms with E-state index < -0.39 is 27.9 Å². The number of amides is 1. The number of nitrogens with two attached hydrogens (primary N) is 1. The number of aromatic nitrogens is 5. The molecule has 0 fully saturated rings. The van der Waals surface area contributed by atoms with E-state index in [1.165, 1.54) is 19.1 Å². The number of aromatic hydroxyl groups is 1. The zero-order valence-electron chi connectivity index (χ0n) is 19.7. The van der Waals surface area contributed by atoms with Crippen LogP contribution in [0.1, 0.15) is 29.3 Å². The first-order valence-electron chi connectivity index (χ1n) is 11.4. The molecule has 0 spiro atoms. The molecule has 12 heteroatoms. The number of nitrogens with zero attached hydrogens (tertiary/aromatic N) is 5. The second-order valence-electron chi connectivity index (χ2n) is 9.03. The number of halogens is 3. The maximum Gasteiger partial charge on any atom is 0.240 e. The average molecular weight is 534 g/mol. The number of rotatable bonds is 4. The predicted octanol–water partition coefficient (Wildman–Crippen LogP) is 4.25. The first kappa shape index (κ1) is 23.7. The Morgan fingerprint density at radius 1 is 1.16 bits per heavy atom. The lowest BCUT2D eigenvalue weighted by molar-refractivity contribution is -0.119. The van der Waals surface area contributed by atoms with E-state index in [-0.39, 0.29) is 40.8 Å². The number of carbonyl (C=O) groups excluding carboxylic acids is 1. The predicted molar refractivity (Wildman–Crippen MR) is 136 cm³/mol. The fourth-order valence-electron chi connectivity index (χ4n) is 4.71. The molecule has 9 nitrogen and oxygen atoms in total. The van der Waals surface area contributed by atoms with Crippen molar-refractivity contribution in [3.05, 3.63) is 94.0 Å². The molecule has 1 atom stereocenters. The van der Waals surface area contributed by atoms with Gasteiger partial charge in [-0.25, -0.2) is 28.7 Å². The number of anilines is 2. The number of nitrogen functional groups attached to an aromatic ring is 1. The summed E-state index contributed by atoms with van der Waals surface area (Å²) in [4.78, 5) is 31.1. The molecule has 0 radical (unpaired) electrons. The van der Waals surface area contributed by atoms with Crippen LogP contribution in [0.2, 0.25) is 5.02 Å². The van der Waals surface area contributed by atoms with E-state index in [2.05, 4.69) is 25.3 Å². The largest absolute Gasteiger partial charge is 0.506 e. The van der Waals surface area contributed by atoms with E-state index in [0.29, 0.717) is 22.6 Å². The van der Waals surface area contributed by atoms with Crippen molar-refractivity contribution in [2.24, 2.45) is 0 Å². The summed E-state index contributed by atoms with van der Waals surface area (Å²) in [6.07, 6.45) is 5.12. The lowest BCUT2D eigenvalue weighted by Gasteiger charge is -2.24. The van der Waals surface area contributed by atoms with Gasteiger partial charge in [0.15, 0.2) is 11.5 Å². The van der Waals surface area contributed by atoms with Gasteiger partial charge in [0.25, 0.3) is 0 Å². The van der Waals surface area contributed by atoms with Crippen LogP contribution >= 0.6 is 11.6 Å². The molecule has 0 saturated heterocycles. The summed E-state index contributed by atoms with van der Waals surface area (Å²) in [5.41, 5.74) is 6.98. The van der Waals surface area contributed by atoms with E-state index in [4.69, 9.17) is 17.3 Å². The normalized spacial score (nSPS) is 16.6. The van der Waals surface area contributed by atoms with Crippen LogP contribution in [0.25, 0.3) is 17.2 Å². The van der Waals surface area contributed by atoms with E-state index in [9.17, 15) is 18.7 Å². The lowest BCUT2D eigenvalue weighted by atomic mass is 9.77. The second-order valence-corrected chi connectivity index (χ2v) is 9.40. The van der Waals surface area contributed by atoms with E-state index >= 15 is 0 Å². The standard InChI is InChI=1S/C26H18ClF2N7O2/c1-26(13-9-15(29)20(27)18(37)10-13)19-21(30)33-22(34-23(19)35-25(26)38)17-11-36-7-6-31-24(36)16(32-17)8-12-4-2-3-5-14(12)28/h2-7,9-11,37H,8H2,1H3,(H3,30,33,34,35,38)/t26-/m1/s1. The summed E-state index contributed by atoms with van der Waals surface area (Å²) in [6.45, 7) is 1.53. The van der Waals surface area contributed by atoms with Crippen molar-refractivity contribution in [1.29, 1.82) is 0 Å². The molecule has 6 rings (SSSR count). The van der Waals surface area contributed by atoms with Crippen LogP contribution < -0.4 is 11.1 Å². The minimum absolute atomic E-state index is 0.0381. The molecule has 1 aliphatic rings. The maximum atomic E-state index is 14.4. The van der Waals surface area contributed by atoms with Gasteiger partial charge in [0.05, 0.1) is 11.3 Å². The van der Waals surface area contributed by atoms with Crippen LogP contribution in [0.3, 0.4) is 0 Å². The number of benzene rings is 2. The molecule has 5 aromatic rings. The quantitative estimate of drug-likeness (QED) is 0.314. The third-order valence-electron chi connectivity index (χ3n) is 6.70. The number of carbonyl (C=O) groups is 1. The number of fused-ring (bicyclic) bond motifs is 2. The van der Waals surface area contributed by atoms with Gasteiger partial charge in [-0.05, 0) is 36.2 Å². The molecule has 3 aromatic heterocycles. The van der Waals surface area contributed by atoms with Gasteiger partial charge in [-0.15, -0.1) is 0 Å². The Kier molecular flexibility index (Phi) is 5.28. The molecular formula is C26H18ClF2N7O2. The van der Waals surface area contributed by atoms with Gasteiger partial charge in [-0.1, -0.05) is 29.8 Å². The summed E-state index contributed by atoms with van der Waals surface area (Å²) in [5.74, 6) is -2.11. The molecule has 2 aromatic carbocycles. The monoisotopic (exact) mass is 533 g/mol. The van der Waals surface area contributed by atoms with Crippen molar-refractivity contribution in [2.45, 2.75) is 18.8 Å². The number of hydrogen-bond acceptors (Lipinski definition) is 7. The number of imidazole rings is 1. The smallest absolute Gasteiger partial charge is 0.240 e. The summed E-state index contributed by atoms with van der Waals surface area (Å²) < 4.78 is 30.4. The molecule has 0 aliphatic carbocycles. The minimum Gasteiger partial charge on any atom is -0.506 e. The van der Waals surface area contributed by atoms with Crippen LogP contribution in [0.4, 0.5) is 20.4 Å². The summed E-state index contributed by atoms with van der Waals surface area (Å²) in [5, 5.41) is 12.3. The van der Waals surface area contributed by atoms with Gasteiger partial charge in [0.1, 0.15) is 45.2 Å². The SMILES string of the molecule is C[C@]1(c2cc(O)c(Cl)c(F)c2)C(=O)Nc2nc(-c3cn4ccnc4c(Cc4ccccc4F)n3)nc(N)c21. The molecule has 1 amide bonds. The molecule has 0 saturated carbocycles. The van der Waals surface area contributed by atoms with Crippen molar-refractivity contribution < 1.29 is 18.7 Å². The van der Waals surface area contributed by atoms with Gasteiger partial charge in [-0.2, -0.15) is 0 Å². The summed E-state index contributed by atoms with van der Waals surface area (Å²) in [7, 11) is 0. The van der Waals surface area contributed by atoms with Crippen molar-refractivity contribution >= 4 is 34.8 Å². The molecule has 1 aliphatic heterocycles. The summed E-state index contributed by atoms with van der Waals surface area (Å²) >= 11 is 5.75. The lowest BCUT2D eigenvalue weighted by Crippen LogP contribution is -2.33. The number of hydrogen-bond donors (Lipinski definition) is 3. The fraction of sp³-hybridized carbons (Fsp3) is 0.115. The Morgan fingerprint density at radius 2 is 1.95 bits per heavy atom. The number of phenols is 1. The molecular weight excluding hydrogens is 516 g/mol.